The lowest BCUT2D eigenvalue weighted by Gasteiger charge is -2.27. The molecule has 7 heteroatoms. The number of hydrogen-bond donors (Lipinski definition) is 1. The van der Waals surface area contributed by atoms with E-state index in [1.54, 1.807) is 49.9 Å². The smallest absolute Gasteiger partial charge is 0.268 e. The Morgan fingerprint density at radius 2 is 1.90 bits per heavy atom. The minimum Gasteiger partial charge on any atom is -0.357 e. The molecule has 148 valence electrons. The van der Waals surface area contributed by atoms with Crippen LogP contribution in [0, 0.1) is 6.92 Å². The van der Waals surface area contributed by atoms with Crippen molar-refractivity contribution in [2.24, 2.45) is 0 Å². The van der Waals surface area contributed by atoms with Crippen LogP contribution in [0.3, 0.4) is 0 Å². The largest absolute Gasteiger partial charge is 0.357 e. The van der Waals surface area contributed by atoms with Gasteiger partial charge in [-0.2, -0.15) is 0 Å². The lowest BCUT2D eigenvalue weighted by atomic mass is 10.1. The zero-order valence-corrected chi connectivity index (χ0v) is 16.3. The molecule has 1 N–H and O–H groups in total. The molecule has 0 unspecified atom stereocenters. The zero-order valence-electron chi connectivity index (χ0n) is 16.3. The number of nitrogens with zero attached hydrogens (tertiary/aromatic N) is 4. The van der Waals surface area contributed by atoms with Gasteiger partial charge in [0.25, 0.3) is 11.5 Å². The van der Waals surface area contributed by atoms with Gasteiger partial charge in [0.05, 0.1) is 23.8 Å². The van der Waals surface area contributed by atoms with E-state index in [9.17, 15) is 9.59 Å². The Balaban J connectivity index is 1.56. The first kappa shape index (κ1) is 18.9. The van der Waals surface area contributed by atoms with Crippen molar-refractivity contribution in [1.29, 1.82) is 0 Å². The highest BCUT2D eigenvalue weighted by molar-refractivity contribution is 6.05. The van der Waals surface area contributed by atoms with Crippen molar-refractivity contribution in [2.75, 3.05) is 23.3 Å². The van der Waals surface area contributed by atoms with E-state index in [1.807, 2.05) is 12.1 Å². The van der Waals surface area contributed by atoms with Gasteiger partial charge < -0.3 is 10.2 Å². The van der Waals surface area contributed by atoms with Crippen LogP contribution in [0.5, 0.6) is 0 Å². The van der Waals surface area contributed by atoms with Crippen LogP contribution in [-0.2, 0) is 0 Å². The number of carbonyl (C=O) groups excluding carboxylic acids is 1. The molecule has 0 bridgehead atoms. The van der Waals surface area contributed by atoms with Crippen LogP contribution in [0.15, 0.2) is 59.9 Å². The third kappa shape index (κ3) is 4.03. The number of pyridine rings is 3. The SMILES string of the molecule is Cc1ccn(-c2cccnc2)c(=O)c1C(=O)Nc1ccc(N2CCCCC2)nc1. The molecule has 1 amide bonds. The number of nitrogens with one attached hydrogen (secondary N) is 1. The third-order valence-electron chi connectivity index (χ3n) is 5.14. The maximum absolute atomic E-state index is 12.9. The molecule has 1 aliphatic heterocycles. The van der Waals surface area contributed by atoms with Crippen molar-refractivity contribution < 1.29 is 4.79 Å². The van der Waals surface area contributed by atoms with E-state index in [0.717, 1.165) is 18.9 Å². The van der Waals surface area contributed by atoms with Crippen molar-refractivity contribution in [2.45, 2.75) is 26.2 Å². The summed E-state index contributed by atoms with van der Waals surface area (Å²) in [5.41, 5.74) is 1.51. The van der Waals surface area contributed by atoms with E-state index < -0.39 is 5.91 Å². The minimum atomic E-state index is -0.446. The van der Waals surface area contributed by atoms with Crippen LogP contribution < -0.4 is 15.8 Å². The molecule has 1 aliphatic rings. The molecule has 0 aliphatic carbocycles. The number of piperidine rings is 1. The second-order valence-electron chi connectivity index (χ2n) is 7.17. The Hall–Kier alpha value is -3.48. The van der Waals surface area contributed by atoms with Crippen LogP contribution >= 0.6 is 0 Å². The maximum atomic E-state index is 12.9. The van der Waals surface area contributed by atoms with Gasteiger partial charge >= 0.3 is 0 Å². The van der Waals surface area contributed by atoms with Crippen LogP contribution in [0.4, 0.5) is 11.5 Å². The summed E-state index contributed by atoms with van der Waals surface area (Å²) in [7, 11) is 0. The fraction of sp³-hybridized carbons (Fsp3) is 0.273. The first-order valence-electron chi connectivity index (χ1n) is 9.78. The average molecular weight is 389 g/mol. The number of rotatable bonds is 4. The molecule has 4 heterocycles. The second-order valence-corrected chi connectivity index (χ2v) is 7.17. The first-order valence-corrected chi connectivity index (χ1v) is 9.78. The molecule has 1 saturated heterocycles. The van der Waals surface area contributed by atoms with Gasteiger partial charge in [-0.3, -0.25) is 19.1 Å². The second kappa shape index (κ2) is 8.26. The highest BCUT2D eigenvalue weighted by Gasteiger charge is 2.17. The molecule has 1 fully saturated rings. The fourth-order valence-corrected chi connectivity index (χ4v) is 3.57. The van der Waals surface area contributed by atoms with Crippen molar-refractivity contribution in [1.82, 2.24) is 14.5 Å². The first-order chi connectivity index (χ1) is 14.1. The molecule has 0 aromatic carbocycles. The summed E-state index contributed by atoms with van der Waals surface area (Å²) in [5.74, 6) is 0.468. The number of aryl methyl sites for hydroxylation is 1. The predicted octanol–water partition coefficient (Wildman–Crippen LogP) is 3.18. The lowest BCUT2D eigenvalue weighted by molar-refractivity contribution is 0.102. The van der Waals surface area contributed by atoms with Crippen LogP contribution in [0.2, 0.25) is 0 Å². The number of aromatic nitrogens is 3. The van der Waals surface area contributed by atoms with E-state index in [1.165, 1.54) is 23.8 Å². The van der Waals surface area contributed by atoms with Crippen molar-refractivity contribution in [3.63, 3.8) is 0 Å². The summed E-state index contributed by atoms with van der Waals surface area (Å²) < 4.78 is 1.42. The van der Waals surface area contributed by atoms with Crippen molar-refractivity contribution in [3.8, 4) is 5.69 Å². The Morgan fingerprint density at radius 1 is 1.07 bits per heavy atom. The summed E-state index contributed by atoms with van der Waals surface area (Å²) in [6, 6.07) is 9.01. The fourth-order valence-electron chi connectivity index (χ4n) is 3.57. The molecule has 4 rings (SSSR count). The van der Waals surface area contributed by atoms with Gasteiger partial charge in [-0.05, 0) is 62.1 Å². The summed E-state index contributed by atoms with van der Waals surface area (Å²) >= 11 is 0. The van der Waals surface area contributed by atoms with E-state index >= 15 is 0 Å². The molecule has 0 saturated carbocycles. The van der Waals surface area contributed by atoms with E-state index in [4.69, 9.17) is 0 Å². The van der Waals surface area contributed by atoms with Crippen LogP contribution in [0.1, 0.15) is 35.2 Å². The maximum Gasteiger partial charge on any atom is 0.268 e. The lowest BCUT2D eigenvalue weighted by Crippen LogP contribution is -2.30. The molecule has 0 radical (unpaired) electrons. The van der Waals surface area contributed by atoms with Gasteiger partial charge in [0.15, 0.2) is 0 Å². The molecule has 0 atom stereocenters. The zero-order chi connectivity index (χ0) is 20.2. The van der Waals surface area contributed by atoms with E-state index in [0.29, 0.717) is 16.9 Å². The molecule has 3 aromatic heterocycles. The molecular weight excluding hydrogens is 366 g/mol. The van der Waals surface area contributed by atoms with Crippen LogP contribution in [0.25, 0.3) is 5.69 Å². The van der Waals surface area contributed by atoms with Gasteiger partial charge in [0, 0.05) is 25.5 Å². The average Bonchev–Trinajstić information content (AvgIpc) is 2.76. The third-order valence-corrected chi connectivity index (χ3v) is 5.14. The van der Waals surface area contributed by atoms with Gasteiger partial charge in [0.1, 0.15) is 11.4 Å². The predicted molar refractivity (Wildman–Crippen MR) is 113 cm³/mol. The van der Waals surface area contributed by atoms with Gasteiger partial charge in [-0.1, -0.05) is 0 Å². The van der Waals surface area contributed by atoms with E-state index in [2.05, 4.69) is 20.2 Å². The Labute approximate surface area is 169 Å². The number of hydrogen-bond acceptors (Lipinski definition) is 5. The Bertz CT molecular complexity index is 1050. The standard InChI is InChI=1S/C22H23N5O2/c1-16-9-13-27(18-6-5-10-23-15-18)22(29)20(16)21(28)25-17-7-8-19(24-14-17)26-11-3-2-4-12-26/h5-10,13-15H,2-4,11-12H2,1H3,(H,25,28). The summed E-state index contributed by atoms with van der Waals surface area (Å²) in [6.45, 7) is 3.77. The molecule has 3 aromatic rings. The summed E-state index contributed by atoms with van der Waals surface area (Å²) in [5, 5.41) is 2.80. The summed E-state index contributed by atoms with van der Waals surface area (Å²) in [4.78, 5) is 36.6. The monoisotopic (exact) mass is 389 g/mol. The highest BCUT2D eigenvalue weighted by Crippen LogP contribution is 2.19. The Morgan fingerprint density at radius 3 is 2.59 bits per heavy atom. The van der Waals surface area contributed by atoms with E-state index in [-0.39, 0.29) is 11.1 Å². The topological polar surface area (TPSA) is 80.1 Å². The van der Waals surface area contributed by atoms with Crippen molar-refractivity contribution >= 4 is 17.4 Å². The highest BCUT2D eigenvalue weighted by atomic mass is 16.2. The van der Waals surface area contributed by atoms with Gasteiger partial charge in [-0.15, -0.1) is 0 Å². The van der Waals surface area contributed by atoms with Gasteiger partial charge in [-0.25, -0.2) is 4.98 Å². The van der Waals surface area contributed by atoms with Crippen LogP contribution in [-0.4, -0.2) is 33.5 Å². The summed E-state index contributed by atoms with van der Waals surface area (Å²) in [6.07, 6.45) is 10.1. The number of amides is 1. The Kier molecular flexibility index (Phi) is 5.37. The molecule has 7 nitrogen and oxygen atoms in total. The minimum absolute atomic E-state index is 0.108. The van der Waals surface area contributed by atoms with Gasteiger partial charge in [0.2, 0.25) is 0 Å². The quantitative estimate of drug-likeness (QED) is 0.741. The molecular formula is C22H23N5O2. The molecule has 29 heavy (non-hydrogen) atoms. The molecule has 0 spiro atoms. The number of carbonyl (C=O) groups is 1. The normalized spacial score (nSPS) is 13.9. The number of anilines is 2. The van der Waals surface area contributed by atoms with Crippen molar-refractivity contribution in [3.05, 3.63) is 76.6 Å².